The van der Waals surface area contributed by atoms with E-state index in [1.165, 1.54) is 11.3 Å². The smallest absolute Gasteiger partial charge is 0.142 e. The number of nitrogens with zero attached hydrogens (tertiary/aromatic N) is 3. The highest BCUT2D eigenvalue weighted by molar-refractivity contribution is 5.58. The van der Waals surface area contributed by atoms with Gasteiger partial charge in [0.2, 0.25) is 0 Å². The molecule has 0 bridgehead atoms. The van der Waals surface area contributed by atoms with Crippen molar-refractivity contribution in [2.45, 2.75) is 33.7 Å². The first-order valence-electron chi connectivity index (χ1n) is 8.86. The topological polar surface area (TPSA) is 41.7 Å². The van der Waals surface area contributed by atoms with Gasteiger partial charge in [0.1, 0.15) is 11.5 Å². The molecule has 0 amide bonds. The first kappa shape index (κ1) is 16.8. The molecule has 0 spiro atoms. The van der Waals surface area contributed by atoms with E-state index in [1.54, 1.807) is 0 Å². The summed E-state index contributed by atoms with van der Waals surface area (Å²) in [5.41, 5.74) is 3.56. The summed E-state index contributed by atoms with van der Waals surface area (Å²) in [6.07, 6.45) is 0.925. The fourth-order valence-electron chi connectivity index (χ4n) is 3.28. The van der Waals surface area contributed by atoms with Crippen LogP contribution in [0.1, 0.15) is 30.9 Å². The highest BCUT2D eigenvalue weighted by atomic mass is 16.5. The molecule has 1 aromatic carbocycles. The third kappa shape index (κ3) is 3.56. The van der Waals surface area contributed by atoms with E-state index in [1.807, 2.05) is 19.9 Å². The molecule has 130 valence electrons. The molecule has 0 radical (unpaired) electrons. The van der Waals surface area contributed by atoms with E-state index in [9.17, 15) is 0 Å². The summed E-state index contributed by atoms with van der Waals surface area (Å²) < 4.78 is 11.1. The average Bonchev–Trinajstić information content (AvgIpc) is 2.96. The van der Waals surface area contributed by atoms with E-state index in [0.29, 0.717) is 6.61 Å². The molecule has 1 aromatic heterocycles. The van der Waals surface area contributed by atoms with Gasteiger partial charge in [-0.2, -0.15) is 0 Å². The molecule has 1 saturated heterocycles. The highest BCUT2D eigenvalue weighted by Gasteiger charge is 2.22. The summed E-state index contributed by atoms with van der Waals surface area (Å²) in [6, 6.07) is 8.32. The number of benzene rings is 1. The number of anilines is 1. The third-order valence-electron chi connectivity index (χ3n) is 4.66. The monoisotopic (exact) mass is 329 g/mol. The molecule has 2 aromatic rings. The normalized spacial score (nSPS) is 15.7. The van der Waals surface area contributed by atoms with E-state index in [0.717, 1.165) is 56.3 Å². The fraction of sp³-hybridized carbons (Fsp3) is 0.526. The maximum absolute atomic E-state index is 5.77. The molecule has 1 fully saturated rings. The minimum Gasteiger partial charge on any atom is -0.492 e. The molecule has 3 rings (SSSR count). The van der Waals surface area contributed by atoms with Crippen LogP contribution in [0.5, 0.6) is 5.75 Å². The van der Waals surface area contributed by atoms with Gasteiger partial charge >= 0.3 is 0 Å². The maximum atomic E-state index is 5.77. The van der Waals surface area contributed by atoms with Crippen LogP contribution in [0.25, 0.3) is 0 Å². The molecule has 5 heteroatoms. The van der Waals surface area contributed by atoms with Crippen molar-refractivity contribution in [1.82, 2.24) is 10.1 Å². The Hall–Kier alpha value is -2.01. The van der Waals surface area contributed by atoms with Crippen molar-refractivity contribution in [3.05, 3.63) is 41.3 Å². The Morgan fingerprint density at radius 1 is 1.12 bits per heavy atom. The van der Waals surface area contributed by atoms with Crippen molar-refractivity contribution < 1.29 is 9.26 Å². The van der Waals surface area contributed by atoms with E-state index < -0.39 is 0 Å². The molecule has 1 aliphatic rings. The molecular formula is C19H27N3O2. The Bertz CT molecular complexity index is 660. The van der Waals surface area contributed by atoms with Crippen LogP contribution in [-0.2, 0) is 13.0 Å². The minimum atomic E-state index is 0.698. The van der Waals surface area contributed by atoms with Crippen molar-refractivity contribution in [1.29, 1.82) is 0 Å². The number of piperazine rings is 1. The predicted octanol–water partition coefficient (Wildman–Crippen LogP) is 3.27. The zero-order valence-corrected chi connectivity index (χ0v) is 14.9. The SMILES string of the molecule is CCOc1ccccc1N1CCN(Cc2c(CC)noc2C)CC1. The van der Waals surface area contributed by atoms with Crippen LogP contribution in [0, 0.1) is 6.92 Å². The lowest BCUT2D eigenvalue weighted by Crippen LogP contribution is -2.46. The van der Waals surface area contributed by atoms with Gasteiger partial charge in [-0.05, 0) is 32.4 Å². The van der Waals surface area contributed by atoms with Crippen molar-refractivity contribution in [2.24, 2.45) is 0 Å². The number of hydrogen-bond acceptors (Lipinski definition) is 5. The van der Waals surface area contributed by atoms with Crippen molar-refractivity contribution >= 4 is 5.69 Å². The van der Waals surface area contributed by atoms with Gasteiger partial charge in [0.15, 0.2) is 0 Å². The molecule has 1 aliphatic heterocycles. The van der Waals surface area contributed by atoms with Crippen LogP contribution < -0.4 is 9.64 Å². The Kier molecular flexibility index (Phi) is 5.41. The van der Waals surface area contributed by atoms with E-state index in [-0.39, 0.29) is 0 Å². The summed E-state index contributed by atoms with van der Waals surface area (Å²) in [5.74, 6) is 1.94. The first-order chi connectivity index (χ1) is 11.7. The number of aromatic nitrogens is 1. The molecule has 0 unspecified atom stereocenters. The van der Waals surface area contributed by atoms with E-state index in [2.05, 4.69) is 40.1 Å². The minimum absolute atomic E-state index is 0.698. The number of aryl methyl sites for hydroxylation is 2. The van der Waals surface area contributed by atoms with Gasteiger partial charge in [-0.15, -0.1) is 0 Å². The van der Waals surface area contributed by atoms with Crippen molar-refractivity contribution in [2.75, 3.05) is 37.7 Å². The van der Waals surface area contributed by atoms with Crippen molar-refractivity contribution in [3.63, 3.8) is 0 Å². The van der Waals surface area contributed by atoms with Gasteiger partial charge in [-0.1, -0.05) is 24.2 Å². The largest absolute Gasteiger partial charge is 0.492 e. The second kappa shape index (κ2) is 7.71. The Morgan fingerprint density at radius 2 is 1.88 bits per heavy atom. The van der Waals surface area contributed by atoms with Crippen LogP contribution in [0.4, 0.5) is 5.69 Å². The summed E-state index contributed by atoms with van der Waals surface area (Å²) in [5, 5.41) is 4.17. The van der Waals surface area contributed by atoms with Gasteiger partial charge in [-0.3, -0.25) is 4.90 Å². The first-order valence-corrected chi connectivity index (χ1v) is 8.86. The second-order valence-electron chi connectivity index (χ2n) is 6.18. The summed E-state index contributed by atoms with van der Waals surface area (Å²) in [7, 11) is 0. The standard InChI is InChI=1S/C19H27N3O2/c1-4-17-16(15(3)24-20-17)14-21-10-12-22(13-11-21)18-8-6-7-9-19(18)23-5-2/h6-9H,4-5,10-14H2,1-3H3. The molecule has 5 nitrogen and oxygen atoms in total. The van der Waals surface area contributed by atoms with E-state index >= 15 is 0 Å². The number of hydrogen-bond donors (Lipinski definition) is 0. The third-order valence-corrected chi connectivity index (χ3v) is 4.66. The fourth-order valence-corrected chi connectivity index (χ4v) is 3.28. The number of rotatable bonds is 6. The van der Waals surface area contributed by atoms with Crippen LogP contribution in [0.2, 0.25) is 0 Å². The molecule has 24 heavy (non-hydrogen) atoms. The molecule has 0 N–H and O–H groups in total. The molecule has 2 heterocycles. The van der Waals surface area contributed by atoms with Gasteiger partial charge in [0, 0.05) is 38.3 Å². The van der Waals surface area contributed by atoms with Crippen molar-refractivity contribution in [3.8, 4) is 5.75 Å². The van der Waals surface area contributed by atoms with Crippen LogP contribution in [0.15, 0.2) is 28.8 Å². The Morgan fingerprint density at radius 3 is 2.58 bits per heavy atom. The number of para-hydroxylation sites is 2. The van der Waals surface area contributed by atoms with Gasteiger partial charge in [-0.25, -0.2) is 0 Å². The zero-order valence-electron chi connectivity index (χ0n) is 14.9. The molecule has 0 saturated carbocycles. The zero-order chi connectivity index (χ0) is 16.9. The molecule has 0 aliphatic carbocycles. The lowest BCUT2D eigenvalue weighted by Gasteiger charge is -2.36. The summed E-state index contributed by atoms with van der Waals surface area (Å²) in [6.45, 7) is 11.9. The van der Waals surface area contributed by atoms with Crippen LogP contribution in [0.3, 0.4) is 0 Å². The second-order valence-corrected chi connectivity index (χ2v) is 6.18. The van der Waals surface area contributed by atoms with Gasteiger partial charge in [0.05, 0.1) is 18.0 Å². The maximum Gasteiger partial charge on any atom is 0.142 e. The lowest BCUT2D eigenvalue weighted by molar-refractivity contribution is 0.246. The molecular weight excluding hydrogens is 302 g/mol. The van der Waals surface area contributed by atoms with Crippen LogP contribution in [-0.4, -0.2) is 42.8 Å². The van der Waals surface area contributed by atoms with Gasteiger partial charge in [0.25, 0.3) is 0 Å². The number of ether oxygens (including phenoxy) is 1. The predicted molar refractivity (Wildman–Crippen MR) is 95.7 cm³/mol. The molecule has 0 atom stereocenters. The van der Waals surface area contributed by atoms with Gasteiger partial charge < -0.3 is 14.2 Å². The Labute approximate surface area is 144 Å². The Balaban J connectivity index is 1.63. The average molecular weight is 329 g/mol. The van der Waals surface area contributed by atoms with Crippen LogP contribution >= 0.6 is 0 Å². The summed E-state index contributed by atoms with van der Waals surface area (Å²) >= 11 is 0. The summed E-state index contributed by atoms with van der Waals surface area (Å²) in [4.78, 5) is 4.90. The highest BCUT2D eigenvalue weighted by Crippen LogP contribution is 2.29. The quantitative estimate of drug-likeness (QED) is 0.814. The van der Waals surface area contributed by atoms with E-state index in [4.69, 9.17) is 9.26 Å². The lowest BCUT2D eigenvalue weighted by atomic mass is 10.1.